The van der Waals surface area contributed by atoms with Gasteiger partial charge in [-0.15, -0.1) is 0 Å². The number of likely N-dealkylation sites (tertiary alicyclic amines) is 1. The molecule has 0 amide bonds. The lowest BCUT2D eigenvalue weighted by Gasteiger charge is -2.43. The molecule has 1 saturated heterocycles. The fraction of sp³-hybridized carbons (Fsp3) is 0.379. The van der Waals surface area contributed by atoms with Gasteiger partial charge in [-0.2, -0.15) is 0 Å². The van der Waals surface area contributed by atoms with E-state index in [9.17, 15) is 5.11 Å². The highest BCUT2D eigenvalue weighted by molar-refractivity contribution is 5.41. The number of hydrogen-bond acceptors (Lipinski definition) is 3. The third kappa shape index (κ3) is 4.52. The third-order valence-electron chi connectivity index (χ3n) is 7.08. The maximum Gasteiger partial charge on any atom is 0.0924 e. The van der Waals surface area contributed by atoms with E-state index >= 15 is 0 Å². The summed E-state index contributed by atoms with van der Waals surface area (Å²) in [5.74, 6) is 0. The van der Waals surface area contributed by atoms with Crippen molar-refractivity contribution in [1.82, 2.24) is 4.90 Å². The van der Waals surface area contributed by atoms with E-state index in [1.165, 1.54) is 22.3 Å². The molecule has 0 radical (unpaired) electrons. The molecule has 0 aromatic heterocycles. The van der Waals surface area contributed by atoms with Crippen LogP contribution in [0.5, 0.6) is 0 Å². The average Bonchev–Trinajstić information content (AvgIpc) is 2.83. The molecule has 168 valence electrons. The zero-order valence-corrected chi connectivity index (χ0v) is 19.4. The van der Waals surface area contributed by atoms with Crippen LogP contribution in [-0.2, 0) is 18.6 Å². The molecule has 0 aliphatic carbocycles. The van der Waals surface area contributed by atoms with Gasteiger partial charge in [-0.25, -0.2) is 0 Å². The summed E-state index contributed by atoms with van der Waals surface area (Å²) in [6.07, 6.45) is 3.64. The van der Waals surface area contributed by atoms with Crippen LogP contribution < -0.4 is 5.73 Å². The molecule has 1 atom stereocenters. The van der Waals surface area contributed by atoms with Gasteiger partial charge in [0.15, 0.2) is 0 Å². The van der Waals surface area contributed by atoms with E-state index < -0.39 is 5.60 Å². The minimum absolute atomic E-state index is 0.202. The second-order valence-corrected chi connectivity index (χ2v) is 9.14. The normalized spacial score (nSPS) is 17.2. The number of aliphatic hydroxyl groups is 1. The molecule has 1 fully saturated rings. The monoisotopic (exact) mass is 428 g/mol. The van der Waals surface area contributed by atoms with Gasteiger partial charge in [-0.3, -0.25) is 4.90 Å². The summed E-state index contributed by atoms with van der Waals surface area (Å²) in [5, 5.41) is 11.6. The molecule has 0 spiro atoms. The van der Waals surface area contributed by atoms with E-state index in [-0.39, 0.29) is 6.04 Å². The molecular weight excluding hydrogens is 392 g/mol. The van der Waals surface area contributed by atoms with Crippen molar-refractivity contribution in [3.8, 4) is 0 Å². The topological polar surface area (TPSA) is 49.5 Å². The molecule has 3 N–H and O–H groups in total. The van der Waals surface area contributed by atoms with Crippen LogP contribution in [0.2, 0.25) is 0 Å². The van der Waals surface area contributed by atoms with E-state index in [2.05, 4.69) is 67.3 Å². The van der Waals surface area contributed by atoms with E-state index in [0.717, 1.165) is 37.1 Å². The molecule has 3 aromatic carbocycles. The summed E-state index contributed by atoms with van der Waals surface area (Å²) >= 11 is 0. The lowest BCUT2D eigenvalue weighted by Crippen LogP contribution is -2.45. The zero-order valence-electron chi connectivity index (χ0n) is 19.4. The SMILES string of the molecule is CCCc1ccccc1C(c1ccccc1C)N1CCC(O)(c2ccccc2CN)CC1. The smallest absolute Gasteiger partial charge is 0.0924 e. The minimum atomic E-state index is -0.814. The van der Waals surface area contributed by atoms with Crippen molar-refractivity contribution in [2.45, 2.75) is 57.7 Å². The summed E-state index contributed by atoms with van der Waals surface area (Å²) in [4.78, 5) is 2.57. The standard InChI is InChI=1S/C29H36N2O/c1-3-10-23-12-5-8-15-26(23)28(25-14-7-4-11-22(25)2)31-19-17-29(32,18-20-31)27-16-9-6-13-24(27)21-30/h4-9,11-16,28,32H,3,10,17-21,30H2,1-2H3. The number of nitrogens with two attached hydrogens (primary N) is 1. The summed E-state index contributed by atoms with van der Waals surface area (Å²) in [6.45, 7) is 6.60. The molecule has 32 heavy (non-hydrogen) atoms. The van der Waals surface area contributed by atoms with E-state index in [1.807, 2.05) is 24.3 Å². The van der Waals surface area contributed by atoms with E-state index in [1.54, 1.807) is 0 Å². The molecule has 0 saturated carbocycles. The lowest BCUT2D eigenvalue weighted by molar-refractivity contribution is -0.0331. The van der Waals surface area contributed by atoms with Gasteiger partial charge in [0.2, 0.25) is 0 Å². The third-order valence-corrected chi connectivity index (χ3v) is 7.08. The maximum atomic E-state index is 11.6. The fourth-order valence-corrected chi connectivity index (χ4v) is 5.33. The van der Waals surface area contributed by atoms with Crippen molar-refractivity contribution >= 4 is 0 Å². The summed E-state index contributed by atoms with van der Waals surface area (Å²) in [7, 11) is 0. The van der Waals surface area contributed by atoms with Crippen molar-refractivity contribution in [1.29, 1.82) is 0 Å². The van der Waals surface area contributed by atoms with Crippen LogP contribution >= 0.6 is 0 Å². The quantitative estimate of drug-likeness (QED) is 0.524. The van der Waals surface area contributed by atoms with Crippen LogP contribution in [0.25, 0.3) is 0 Å². The Labute approximate surface area is 192 Å². The Morgan fingerprint density at radius 2 is 1.47 bits per heavy atom. The molecule has 1 heterocycles. The minimum Gasteiger partial charge on any atom is -0.385 e. The first-order chi connectivity index (χ1) is 15.6. The van der Waals surface area contributed by atoms with E-state index in [4.69, 9.17) is 5.73 Å². The number of hydrogen-bond donors (Lipinski definition) is 2. The molecule has 1 aliphatic rings. The molecule has 1 aliphatic heterocycles. The predicted molar refractivity (Wildman–Crippen MR) is 132 cm³/mol. The number of aryl methyl sites for hydroxylation is 2. The van der Waals surface area contributed by atoms with Crippen molar-refractivity contribution < 1.29 is 5.11 Å². The first-order valence-corrected chi connectivity index (χ1v) is 12.0. The summed E-state index contributed by atoms with van der Waals surface area (Å²) in [5.41, 5.74) is 12.7. The van der Waals surface area contributed by atoms with Crippen LogP contribution in [0.1, 0.15) is 65.6 Å². The number of piperidine rings is 1. The van der Waals surface area contributed by atoms with Gasteiger partial charge in [-0.1, -0.05) is 86.1 Å². The molecule has 3 aromatic rings. The van der Waals surface area contributed by atoms with Gasteiger partial charge in [0, 0.05) is 19.6 Å². The molecule has 3 heteroatoms. The lowest BCUT2D eigenvalue weighted by atomic mass is 9.80. The molecule has 3 nitrogen and oxygen atoms in total. The second-order valence-electron chi connectivity index (χ2n) is 9.14. The van der Waals surface area contributed by atoms with Crippen LogP contribution in [0.15, 0.2) is 72.8 Å². The Morgan fingerprint density at radius 1 is 0.875 bits per heavy atom. The Bertz CT molecular complexity index is 1040. The van der Waals surface area contributed by atoms with Crippen LogP contribution in [0, 0.1) is 6.92 Å². The first kappa shape index (κ1) is 22.7. The Kier molecular flexibility index (Phi) is 7.10. The van der Waals surface area contributed by atoms with Crippen molar-refractivity contribution in [2.75, 3.05) is 13.1 Å². The maximum absolute atomic E-state index is 11.6. The molecule has 0 bridgehead atoms. The highest BCUT2D eigenvalue weighted by Crippen LogP contribution is 2.40. The highest BCUT2D eigenvalue weighted by atomic mass is 16.3. The Hall–Kier alpha value is -2.46. The molecule has 1 unspecified atom stereocenters. The van der Waals surface area contributed by atoms with Gasteiger partial charge in [0.25, 0.3) is 0 Å². The first-order valence-electron chi connectivity index (χ1n) is 12.0. The molecular formula is C29H36N2O. The van der Waals surface area contributed by atoms with Crippen LogP contribution in [0.4, 0.5) is 0 Å². The van der Waals surface area contributed by atoms with Gasteiger partial charge in [0.05, 0.1) is 11.6 Å². The zero-order chi connectivity index (χ0) is 22.6. The van der Waals surface area contributed by atoms with Crippen molar-refractivity contribution in [2.24, 2.45) is 5.73 Å². The number of nitrogens with zero attached hydrogens (tertiary/aromatic N) is 1. The van der Waals surface area contributed by atoms with Gasteiger partial charge >= 0.3 is 0 Å². The fourth-order valence-electron chi connectivity index (χ4n) is 5.33. The highest BCUT2D eigenvalue weighted by Gasteiger charge is 2.38. The van der Waals surface area contributed by atoms with Crippen molar-refractivity contribution in [3.63, 3.8) is 0 Å². The predicted octanol–water partition coefficient (Wildman–Crippen LogP) is 5.48. The van der Waals surface area contributed by atoms with Crippen molar-refractivity contribution in [3.05, 3.63) is 106 Å². The average molecular weight is 429 g/mol. The summed E-state index contributed by atoms with van der Waals surface area (Å²) < 4.78 is 0. The van der Waals surface area contributed by atoms with Gasteiger partial charge in [0.1, 0.15) is 0 Å². The number of rotatable bonds is 7. The second kappa shape index (κ2) is 9.99. The van der Waals surface area contributed by atoms with Crippen LogP contribution in [-0.4, -0.2) is 23.1 Å². The molecule has 4 rings (SSSR count). The number of benzene rings is 3. The van der Waals surface area contributed by atoms with Gasteiger partial charge < -0.3 is 10.8 Å². The van der Waals surface area contributed by atoms with E-state index in [0.29, 0.717) is 19.4 Å². The van der Waals surface area contributed by atoms with Crippen LogP contribution in [0.3, 0.4) is 0 Å². The summed E-state index contributed by atoms with van der Waals surface area (Å²) in [6, 6.07) is 25.9. The Morgan fingerprint density at radius 3 is 2.12 bits per heavy atom. The van der Waals surface area contributed by atoms with Gasteiger partial charge in [-0.05, 0) is 59.6 Å². The Balaban J connectivity index is 1.68. The largest absolute Gasteiger partial charge is 0.385 e.